The van der Waals surface area contributed by atoms with Crippen LogP contribution in [0.5, 0.6) is 0 Å². The number of hydrazone groups is 1. The average Bonchev–Trinajstić information content (AvgIpc) is 2.92. The van der Waals surface area contributed by atoms with E-state index in [1.165, 1.54) is 7.05 Å². The first-order valence-electron chi connectivity index (χ1n) is 12.3. The lowest BCUT2D eigenvalue weighted by Crippen LogP contribution is -2.38. The fourth-order valence-corrected chi connectivity index (χ4v) is 4.79. The van der Waals surface area contributed by atoms with E-state index in [0.717, 1.165) is 47.7 Å². The van der Waals surface area contributed by atoms with Crippen LogP contribution in [0.4, 0.5) is 23.3 Å². The standard InChI is InChI=1S/C28H29N7O2S/c1-20(21-14-16-24(17-15-21)38(36,37)29-2)33-34-26-25(22-10-5-3-6-11-22)27(35-18-9-19-35)32-28(31-26)30-23-12-7-4-8-13-23/h3-8,10-17,29H,9,18-19H2,1-2H3,(H2,30,31,32,34). The van der Waals surface area contributed by atoms with E-state index in [4.69, 9.17) is 9.97 Å². The lowest BCUT2D eigenvalue weighted by molar-refractivity contribution is 0.588. The van der Waals surface area contributed by atoms with Crippen LogP contribution in [0.25, 0.3) is 11.1 Å². The summed E-state index contributed by atoms with van der Waals surface area (Å²) >= 11 is 0. The van der Waals surface area contributed by atoms with E-state index in [0.29, 0.717) is 17.5 Å². The third kappa shape index (κ3) is 5.51. The van der Waals surface area contributed by atoms with Gasteiger partial charge in [0.15, 0.2) is 5.82 Å². The molecule has 0 aliphatic carbocycles. The van der Waals surface area contributed by atoms with Crippen LogP contribution in [0.3, 0.4) is 0 Å². The minimum absolute atomic E-state index is 0.197. The molecule has 194 valence electrons. The predicted molar refractivity (Wildman–Crippen MR) is 153 cm³/mol. The van der Waals surface area contributed by atoms with Gasteiger partial charge in [0.1, 0.15) is 5.82 Å². The predicted octanol–water partition coefficient (Wildman–Crippen LogP) is 4.84. The Morgan fingerprint density at radius 2 is 1.55 bits per heavy atom. The molecule has 3 N–H and O–H groups in total. The van der Waals surface area contributed by atoms with Gasteiger partial charge in [0.25, 0.3) is 0 Å². The molecule has 4 aromatic rings. The largest absolute Gasteiger partial charge is 0.356 e. The van der Waals surface area contributed by atoms with Crippen molar-refractivity contribution in [1.29, 1.82) is 0 Å². The molecular formula is C28H29N7O2S. The molecule has 1 aromatic heterocycles. The van der Waals surface area contributed by atoms with E-state index in [9.17, 15) is 8.42 Å². The van der Waals surface area contributed by atoms with Crippen LogP contribution in [-0.2, 0) is 10.0 Å². The van der Waals surface area contributed by atoms with E-state index in [-0.39, 0.29) is 4.90 Å². The molecule has 0 amide bonds. The summed E-state index contributed by atoms with van der Waals surface area (Å²) in [6, 6.07) is 26.4. The van der Waals surface area contributed by atoms with Crippen molar-refractivity contribution in [2.75, 3.05) is 35.8 Å². The van der Waals surface area contributed by atoms with Gasteiger partial charge < -0.3 is 10.2 Å². The zero-order valence-corrected chi connectivity index (χ0v) is 22.0. The van der Waals surface area contributed by atoms with E-state index < -0.39 is 10.0 Å². The molecule has 0 saturated carbocycles. The average molecular weight is 528 g/mol. The summed E-state index contributed by atoms with van der Waals surface area (Å²) in [6.07, 6.45) is 1.11. The molecule has 1 fully saturated rings. The number of para-hydroxylation sites is 1. The third-order valence-corrected chi connectivity index (χ3v) is 7.75. The maximum Gasteiger partial charge on any atom is 0.240 e. The number of aromatic nitrogens is 2. The van der Waals surface area contributed by atoms with Crippen molar-refractivity contribution in [2.45, 2.75) is 18.2 Å². The maximum atomic E-state index is 12.1. The number of benzene rings is 3. The molecule has 1 aliphatic heterocycles. The third-order valence-electron chi connectivity index (χ3n) is 6.32. The number of hydrogen-bond acceptors (Lipinski definition) is 8. The van der Waals surface area contributed by atoms with Gasteiger partial charge in [-0.1, -0.05) is 60.7 Å². The molecule has 0 unspecified atom stereocenters. The van der Waals surface area contributed by atoms with Crippen molar-refractivity contribution in [3.8, 4) is 11.1 Å². The Bertz CT molecular complexity index is 1540. The molecule has 0 radical (unpaired) electrons. The summed E-state index contributed by atoms with van der Waals surface area (Å²) in [5.41, 5.74) is 7.38. The summed E-state index contributed by atoms with van der Waals surface area (Å²) in [5.74, 6) is 1.88. The van der Waals surface area contributed by atoms with Crippen LogP contribution in [0, 0.1) is 0 Å². The summed E-state index contributed by atoms with van der Waals surface area (Å²) in [7, 11) is -2.12. The second kappa shape index (κ2) is 11.0. The van der Waals surface area contributed by atoms with Crippen molar-refractivity contribution in [3.63, 3.8) is 0 Å². The van der Waals surface area contributed by atoms with Crippen molar-refractivity contribution < 1.29 is 8.42 Å². The van der Waals surface area contributed by atoms with Crippen LogP contribution < -0.4 is 20.4 Å². The fourth-order valence-electron chi connectivity index (χ4n) is 4.06. The van der Waals surface area contributed by atoms with Crippen LogP contribution in [-0.4, -0.2) is 44.2 Å². The fraction of sp³-hybridized carbons (Fsp3) is 0.179. The number of nitrogens with one attached hydrogen (secondary N) is 3. The second-order valence-corrected chi connectivity index (χ2v) is 10.7. The Kier molecular flexibility index (Phi) is 7.34. The quantitative estimate of drug-likeness (QED) is 0.211. The minimum Gasteiger partial charge on any atom is -0.356 e. The van der Waals surface area contributed by atoms with Crippen LogP contribution >= 0.6 is 0 Å². The Morgan fingerprint density at radius 3 is 2.16 bits per heavy atom. The maximum absolute atomic E-state index is 12.1. The molecule has 38 heavy (non-hydrogen) atoms. The Hall–Kier alpha value is -4.28. The molecule has 0 bridgehead atoms. The zero-order chi connectivity index (χ0) is 26.5. The Labute approximate surface area is 222 Å². The molecule has 1 saturated heterocycles. The van der Waals surface area contributed by atoms with Gasteiger partial charge >= 0.3 is 0 Å². The molecule has 9 nitrogen and oxygen atoms in total. The van der Waals surface area contributed by atoms with Gasteiger partial charge in [0.2, 0.25) is 16.0 Å². The summed E-state index contributed by atoms with van der Waals surface area (Å²) in [6.45, 7) is 3.70. The number of nitrogens with zero attached hydrogens (tertiary/aromatic N) is 4. The van der Waals surface area contributed by atoms with E-state index in [1.807, 2.05) is 67.6 Å². The number of anilines is 4. The van der Waals surface area contributed by atoms with Crippen LogP contribution in [0.2, 0.25) is 0 Å². The molecular weight excluding hydrogens is 498 g/mol. The van der Waals surface area contributed by atoms with Crippen molar-refractivity contribution >= 4 is 39.0 Å². The Balaban J connectivity index is 1.54. The van der Waals surface area contributed by atoms with Crippen molar-refractivity contribution in [2.24, 2.45) is 5.10 Å². The number of rotatable bonds is 9. The van der Waals surface area contributed by atoms with Gasteiger partial charge in [0, 0.05) is 18.8 Å². The molecule has 0 atom stereocenters. The topological polar surface area (TPSA) is 112 Å². The summed E-state index contributed by atoms with van der Waals surface area (Å²) in [5, 5.41) is 7.93. The highest BCUT2D eigenvalue weighted by molar-refractivity contribution is 7.89. The van der Waals surface area contributed by atoms with E-state index >= 15 is 0 Å². The molecule has 1 aliphatic rings. The molecule has 5 rings (SSSR count). The van der Waals surface area contributed by atoms with Gasteiger partial charge in [-0.25, -0.2) is 13.1 Å². The van der Waals surface area contributed by atoms with Gasteiger partial charge in [-0.3, -0.25) is 5.43 Å². The van der Waals surface area contributed by atoms with Crippen molar-refractivity contribution in [3.05, 3.63) is 90.5 Å². The summed E-state index contributed by atoms with van der Waals surface area (Å²) < 4.78 is 26.5. The minimum atomic E-state index is -3.51. The smallest absolute Gasteiger partial charge is 0.240 e. The molecule has 0 spiro atoms. The van der Waals surface area contributed by atoms with E-state index in [2.05, 4.69) is 25.5 Å². The monoisotopic (exact) mass is 527 g/mol. The van der Waals surface area contributed by atoms with Crippen LogP contribution in [0.15, 0.2) is 94.9 Å². The summed E-state index contributed by atoms with van der Waals surface area (Å²) in [4.78, 5) is 12.2. The molecule has 10 heteroatoms. The second-order valence-electron chi connectivity index (χ2n) is 8.83. The highest BCUT2D eigenvalue weighted by Crippen LogP contribution is 2.38. The number of sulfonamides is 1. The first-order valence-corrected chi connectivity index (χ1v) is 13.8. The van der Waals surface area contributed by atoms with Gasteiger partial charge in [0.05, 0.1) is 16.2 Å². The van der Waals surface area contributed by atoms with Gasteiger partial charge in [-0.2, -0.15) is 15.1 Å². The molecule has 2 heterocycles. The first kappa shape index (κ1) is 25.4. The molecule has 3 aromatic carbocycles. The van der Waals surface area contributed by atoms with Crippen LogP contribution in [0.1, 0.15) is 18.9 Å². The van der Waals surface area contributed by atoms with Gasteiger partial charge in [-0.15, -0.1) is 0 Å². The zero-order valence-electron chi connectivity index (χ0n) is 21.2. The lowest BCUT2D eigenvalue weighted by atomic mass is 10.0. The van der Waals surface area contributed by atoms with E-state index in [1.54, 1.807) is 24.3 Å². The van der Waals surface area contributed by atoms with Gasteiger partial charge in [-0.05, 0) is 55.8 Å². The Morgan fingerprint density at radius 1 is 0.895 bits per heavy atom. The highest BCUT2D eigenvalue weighted by Gasteiger charge is 2.25. The normalized spacial score (nSPS) is 13.6. The first-order chi connectivity index (χ1) is 18.4. The van der Waals surface area contributed by atoms with Crippen molar-refractivity contribution in [1.82, 2.24) is 14.7 Å². The lowest BCUT2D eigenvalue weighted by Gasteiger charge is -2.34. The SMILES string of the molecule is CNS(=O)(=O)c1ccc(C(C)=NNc2nc(Nc3ccccc3)nc(N3CCC3)c2-c2ccccc2)cc1. The highest BCUT2D eigenvalue weighted by atomic mass is 32.2. The number of hydrogen-bond donors (Lipinski definition) is 3.